The summed E-state index contributed by atoms with van der Waals surface area (Å²) in [6.07, 6.45) is 1.67. The van der Waals surface area contributed by atoms with Crippen LogP contribution < -0.4 is 4.90 Å². The molecule has 0 aliphatic carbocycles. The Kier molecular flexibility index (Phi) is 3.96. The van der Waals surface area contributed by atoms with Gasteiger partial charge in [-0.1, -0.05) is 49.2 Å². The molecular weight excluding hydrogens is 476 g/mol. The van der Waals surface area contributed by atoms with Gasteiger partial charge in [0.15, 0.2) is 5.60 Å². The first-order chi connectivity index (χ1) is 13.1. The van der Waals surface area contributed by atoms with E-state index in [0.29, 0.717) is 19.7 Å². The van der Waals surface area contributed by atoms with Crippen molar-refractivity contribution in [1.29, 1.82) is 0 Å². The summed E-state index contributed by atoms with van der Waals surface area (Å²) in [5.74, 6) is -0.0698. The van der Waals surface area contributed by atoms with Gasteiger partial charge in [0.2, 0.25) is 0 Å². The first kappa shape index (κ1) is 17.1. The summed E-state index contributed by atoms with van der Waals surface area (Å²) < 4.78 is 9.85. The van der Waals surface area contributed by atoms with E-state index in [2.05, 4.69) is 42.2 Å². The number of carbonyl (C=O) groups excluding carboxylic acids is 1. The molecule has 0 bridgehead atoms. The summed E-state index contributed by atoms with van der Waals surface area (Å²) in [5.41, 5.74) is 2.58. The fourth-order valence-corrected chi connectivity index (χ4v) is 4.33. The zero-order chi connectivity index (χ0) is 18.6. The zero-order valence-corrected chi connectivity index (χ0v) is 17.3. The molecule has 1 atom stereocenters. The minimum absolute atomic E-state index is 0.0698. The molecule has 27 heavy (non-hydrogen) atoms. The second kappa shape index (κ2) is 6.25. The number of rotatable bonds is 2. The predicted molar refractivity (Wildman–Crippen MR) is 106 cm³/mol. The standard InChI is InChI=1S/C19H14Br2N4O2/c20-13-3-1-12(2-4-13)9-24-17-6-5-14(21)7-16(17)19(18(24)26)11-25-15(10-27-19)8-22-23-25/h1-8H,9-11H2. The molecule has 8 heteroatoms. The number of halogens is 2. The van der Waals surface area contributed by atoms with Crippen molar-refractivity contribution in [3.63, 3.8) is 0 Å². The van der Waals surface area contributed by atoms with Crippen molar-refractivity contribution >= 4 is 43.5 Å². The lowest BCUT2D eigenvalue weighted by molar-refractivity contribution is -0.153. The maximum absolute atomic E-state index is 13.6. The largest absolute Gasteiger partial charge is 0.352 e. The van der Waals surface area contributed by atoms with Crippen LogP contribution in [0.25, 0.3) is 0 Å². The van der Waals surface area contributed by atoms with E-state index in [4.69, 9.17) is 4.74 Å². The van der Waals surface area contributed by atoms with Gasteiger partial charge in [0.25, 0.3) is 5.91 Å². The van der Waals surface area contributed by atoms with E-state index in [-0.39, 0.29) is 5.91 Å². The second-order valence-corrected chi connectivity index (χ2v) is 8.51. The molecule has 136 valence electrons. The van der Waals surface area contributed by atoms with Crippen LogP contribution in [0.2, 0.25) is 0 Å². The SMILES string of the molecule is O=C1N(Cc2ccc(Br)cc2)c2ccc(Br)cc2C12Cn1nncc1CO2. The van der Waals surface area contributed by atoms with E-state index >= 15 is 0 Å². The lowest BCUT2D eigenvalue weighted by atomic mass is 9.94. The van der Waals surface area contributed by atoms with Crippen molar-refractivity contribution in [1.82, 2.24) is 15.0 Å². The minimum atomic E-state index is -1.07. The highest BCUT2D eigenvalue weighted by atomic mass is 79.9. The minimum Gasteiger partial charge on any atom is -0.352 e. The van der Waals surface area contributed by atoms with Gasteiger partial charge < -0.3 is 9.64 Å². The van der Waals surface area contributed by atoms with Gasteiger partial charge in [0.1, 0.15) is 0 Å². The van der Waals surface area contributed by atoms with E-state index in [0.717, 1.165) is 31.5 Å². The molecule has 0 N–H and O–H groups in total. The predicted octanol–water partition coefficient (Wildman–Crippen LogP) is 3.78. The maximum Gasteiger partial charge on any atom is 0.266 e. The fraction of sp³-hybridized carbons (Fsp3) is 0.211. The van der Waals surface area contributed by atoms with E-state index in [9.17, 15) is 4.79 Å². The van der Waals surface area contributed by atoms with Crippen LogP contribution >= 0.6 is 31.9 Å². The Labute approximate surface area is 172 Å². The number of anilines is 1. The van der Waals surface area contributed by atoms with Crippen molar-refractivity contribution in [2.24, 2.45) is 0 Å². The summed E-state index contributed by atoms with van der Waals surface area (Å²) >= 11 is 6.98. The summed E-state index contributed by atoms with van der Waals surface area (Å²) in [6.45, 7) is 1.11. The Bertz CT molecular complexity index is 1050. The third-order valence-corrected chi connectivity index (χ3v) is 6.09. The molecule has 2 aliphatic heterocycles. The van der Waals surface area contributed by atoms with Crippen molar-refractivity contribution in [2.75, 3.05) is 4.90 Å². The Balaban J connectivity index is 1.59. The van der Waals surface area contributed by atoms with E-state index in [1.54, 1.807) is 15.8 Å². The molecule has 0 saturated heterocycles. The van der Waals surface area contributed by atoms with E-state index in [1.165, 1.54) is 0 Å². The highest BCUT2D eigenvalue weighted by Crippen LogP contribution is 2.47. The molecule has 1 amide bonds. The normalized spacial score (nSPS) is 20.8. The van der Waals surface area contributed by atoms with E-state index in [1.807, 2.05) is 42.5 Å². The van der Waals surface area contributed by atoms with Crippen LogP contribution in [0.4, 0.5) is 5.69 Å². The van der Waals surface area contributed by atoms with Crippen LogP contribution in [-0.2, 0) is 34.8 Å². The number of aromatic nitrogens is 3. The van der Waals surface area contributed by atoms with Crippen molar-refractivity contribution in [3.8, 4) is 0 Å². The van der Waals surface area contributed by atoms with Gasteiger partial charge in [-0.3, -0.25) is 4.79 Å². The number of hydrogen-bond donors (Lipinski definition) is 0. The number of benzene rings is 2. The molecule has 2 aliphatic rings. The monoisotopic (exact) mass is 488 g/mol. The molecule has 2 aromatic carbocycles. The van der Waals surface area contributed by atoms with Crippen LogP contribution in [0.15, 0.2) is 57.6 Å². The van der Waals surface area contributed by atoms with Crippen LogP contribution in [-0.4, -0.2) is 20.9 Å². The molecule has 6 nitrogen and oxygen atoms in total. The highest BCUT2D eigenvalue weighted by Gasteiger charge is 2.54. The average Bonchev–Trinajstić information content (AvgIpc) is 3.21. The highest BCUT2D eigenvalue weighted by molar-refractivity contribution is 9.10. The number of ether oxygens (including phenoxy) is 1. The van der Waals surface area contributed by atoms with E-state index < -0.39 is 5.60 Å². The van der Waals surface area contributed by atoms with Gasteiger partial charge in [0.05, 0.1) is 37.3 Å². The molecule has 1 aromatic heterocycles. The number of carbonyl (C=O) groups is 1. The number of amides is 1. The topological polar surface area (TPSA) is 60.2 Å². The van der Waals surface area contributed by atoms with Crippen LogP contribution in [0.3, 0.4) is 0 Å². The fourth-order valence-electron chi connectivity index (χ4n) is 3.71. The Hall–Kier alpha value is -2.03. The second-order valence-electron chi connectivity index (χ2n) is 6.68. The molecule has 1 spiro atoms. The number of hydrogen-bond acceptors (Lipinski definition) is 4. The number of nitrogens with zero attached hydrogens (tertiary/aromatic N) is 4. The molecule has 3 heterocycles. The molecule has 0 saturated carbocycles. The van der Waals surface area contributed by atoms with Gasteiger partial charge in [-0.2, -0.15) is 0 Å². The van der Waals surface area contributed by atoms with Crippen molar-refractivity contribution in [3.05, 3.63) is 74.4 Å². The Morgan fingerprint density at radius 2 is 1.89 bits per heavy atom. The molecule has 0 radical (unpaired) electrons. The molecular formula is C19H14Br2N4O2. The summed E-state index contributed by atoms with van der Waals surface area (Å²) in [5, 5.41) is 8.07. The maximum atomic E-state index is 13.6. The Morgan fingerprint density at radius 3 is 2.70 bits per heavy atom. The molecule has 5 rings (SSSR count). The van der Waals surface area contributed by atoms with Crippen LogP contribution in [0, 0.1) is 0 Å². The molecule has 3 aromatic rings. The Morgan fingerprint density at radius 1 is 1.11 bits per heavy atom. The first-order valence-electron chi connectivity index (χ1n) is 8.45. The third-order valence-electron chi connectivity index (χ3n) is 5.07. The lowest BCUT2D eigenvalue weighted by Gasteiger charge is -2.32. The quantitative estimate of drug-likeness (QED) is 0.549. The lowest BCUT2D eigenvalue weighted by Crippen LogP contribution is -2.47. The van der Waals surface area contributed by atoms with Gasteiger partial charge in [-0.05, 0) is 35.9 Å². The zero-order valence-electron chi connectivity index (χ0n) is 14.1. The summed E-state index contributed by atoms with van der Waals surface area (Å²) in [4.78, 5) is 15.4. The van der Waals surface area contributed by atoms with Gasteiger partial charge in [-0.25, -0.2) is 4.68 Å². The van der Waals surface area contributed by atoms with Gasteiger partial charge in [-0.15, -0.1) is 5.10 Å². The number of fused-ring (bicyclic) bond motifs is 3. The molecule has 0 fully saturated rings. The van der Waals surface area contributed by atoms with Crippen LogP contribution in [0.5, 0.6) is 0 Å². The third kappa shape index (κ3) is 2.66. The van der Waals surface area contributed by atoms with Crippen LogP contribution in [0.1, 0.15) is 16.8 Å². The smallest absolute Gasteiger partial charge is 0.266 e. The molecule has 1 unspecified atom stereocenters. The van der Waals surface area contributed by atoms with Crippen molar-refractivity contribution < 1.29 is 9.53 Å². The van der Waals surface area contributed by atoms with Gasteiger partial charge in [0, 0.05) is 14.5 Å². The summed E-state index contributed by atoms with van der Waals surface area (Å²) in [6, 6.07) is 13.9. The average molecular weight is 490 g/mol. The van der Waals surface area contributed by atoms with Crippen molar-refractivity contribution in [2.45, 2.75) is 25.3 Å². The first-order valence-corrected chi connectivity index (χ1v) is 10.0. The van der Waals surface area contributed by atoms with Gasteiger partial charge >= 0.3 is 0 Å². The summed E-state index contributed by atoms with van der Waals surface area (Å²) in [7, 11) is 0.